The third-order valence-corrected chi connectivity index (χ3v) is 4.65. The molecule has 1 aromatic carbocycles. The molecular formula is C23H31NO11. The van der Waals surface area contributed by atoms with Crippen molar-refractivity contribution in [3.05, 3.63) is 47.9 Å². The monoisotopic (exact) mass is 497 g/mol. The Hall–Kier alpha value is -3.61. The maximum Gasteiger partial charge on any atom is 0.336 e. The van der Waals surface area contributed by atoms with Gasteiger partial charge in [-0.2, -0.15) is 0 Å². The van der Waals surface area contributed by atoms with Crippen molar-refractivity contribution in [2.75, 3.05) is 20.8 Å². The molecule has 5 N–H and O–H groups in total. The highest BCUT2D eigenvalue weighted by Gasteiger charge is 2.40. The molecule has 0 bridgehead atoms. The Morgan fingerprint density at radius 3 is 1.97 bits per heavy atom. The van der Waals surface area contributed by atoms with Gasteiger partial charge in [-0.3, -0.25) is 14.5 Å². The number of ether oxygens (including phenoxy) is 2. The Morgan fingerprint density at radius 2 is 1.54 bits per heavy atom. The van der Waals surface area contributed by atoms with Crippen molar-refractivity contribution in [1.82, 2.24) is 4.90 Å². The molecule has 0 spiro atoms. The number of carboxylic acids is 3. The number of hydrogen-bond acceptors (Lipinski definition) is 9. The summed E-state index contributed by atoms with van der Waals surface area (Å²) >= 11 is 0. The molecule has 1 aromatic heterocycles. The van der Waals surface area contributed by atoms with E-state index in [9.17, 15) is 19.5 Å². The molecule has 1 unspecified atom stereocenters. The van der Waals surface area contributed by atoms with E-state index >= 15 is 0 Å². The van der Waals surface area contributed by atoms with E-state index in [1.54, 1.807) is 33.7 Å². The second kappa shape index (κ2) is 13.9. The van der Waals surface area contributed by atoms with Gasteiger partial charge in [0.1, 0.15) is 0 Å². The Kier molecular flexibility index (Phi) is 11.7. The molecule has 12 heteroatoms. The second-order valence-corrected chi connectivity index (χ2v) is 7.82. The van der Waals surface area contributed by atoms with Crippen LogP contribution in [0.25, 0.3) is 0 Å². The lowest BCUT2D eigenvalue weighted by atomic mass is 9.96. The Labute approximate surface area is 201 Å². The molecule has 0 fully saturated rings. The fourth-order valence-electron chi connectivity index (χ4n) is 3.15. The third-order valence-electron chi connectivity index (χ3n) is 4.65. The normalized spacial score (nSPS) is 11.8. The van der Waals surface area contributed by atoms with Crippen LogP contribution in [0.5, 0.6) is 11.5 Å². The first-order chi connectivity index (χ1) is 16.4. The molecule has 35 heavy (non-hydrogen) atoms. The van der Waals surface area contributed by atoms with Gasteiger partial charge in [0.2, 0.25) is 0 Å². The third kappa shape index (κ3) is 10.5. The summed E-state index contributed by atoms with van der Waals surface area (Å²) in [6.45, 7) is 3.79. The van der Waals surface area contributed by atoms with E-state index in [1.165, 1.54) is 0 Å². The lowest BCUT2D eigenvalue weighted by Gasteiger charge is -2.23. The van der Waals surface area contributed by atoms with Crippen LogP contribution in [0, 0.1) is 0 Å². The van der Waals surface area contributed by atoms with Crippen molar-refractivity contribution in [3.63, 3.8) is 0 Å². The number of methoxy groups -OCH3 is 2. The first kappa shape index (κ1) is 29.4. The molecule has 0 aliphatic rings. The van der Waals surface area contributed by atoms with Crippen LogP contribution in [-0.4, -0.2) is 80.8 Å². The minimum absolute atomic E-state index is 0.396. The first-order valence-corrected chi connectivity index (χ1v) is 10.4. The minimum atomic E-state index is -2.74. The van der Waals surface area contributed by atoms with E-state index in [1.807, 2.05) is 24.3 Å². The number of carboxylic acid groups (broad SMARTS) is 3. The van der Waals surface area contributed by atoms with Crippen LogP contribution in [0.1, 0.15) is 30.9 Å². The molecule has 194 valence electrons. The van der Waals surface area contributed by atoms with E-state index in [4.69, 9.17) is 34.3 Å². The number of aliphatic hydroxyl groups excluding tert-OH is 1. The summed E-state index contributed by atoms with van der Waals surface area (Å²) < 4.78 is 15.7. The van der Waals surface area contributed by atoms with Crippen molar-refractivity contribution >= 4 is 17.9 Å². The van der Waals surface area contributed by atoms with Gasteiger partial charge in [-0.15, -0.1) is 0 Å². The molecule has 0 saturated heterocycles. The summed E-state index contributed by atoms with van der Waals surface area (Å²) in [6.07, 6.45) is 0.700. The van der Waals surface area contributed by atoms with E-state index in [2.05, 4.69) is 4.90 Å². The van der Waals surface area contributed by atoms with Gasteiger partial charge < -0.3 is 39.4 Å². The highest BCUT2D eigenvalue weighted by atomic mass is 16.5. The lowest BCUT2D eigenvalue weighted by molar-refractivity contribution is -0.170. The quantitative estimate of drug-likeness (QED) is 0.268. The van der Waals surface area contributed by atoms with Crippen molar-refractivity contribution in [2.24, 2.45) is 0 Å². The van der Waals surface area contributed by atoms with Crippen molar-refractivity contribution in [3.8, 4) is 11.5 Å². The SMILES string of the molecule is COc1ccc(CN(Cc2ccoc2)CC(C)O)cc1OC.O=C(O)CC(O)(CC(=O)O)C(=O)O. The molecule has 2 aromatic rings. The summed E-state index contributed by atoms with van der Waals surface area (Å²) in [5.74, 6) is -3.60. The van der Waals surface area contributed by atoms with Gasteiger partial charge in [0.25, 0.3) is 0 Å². The molecule has 2 rings (SSSR count). The summed E-state index contributed by atoms with van der Waals surface area (Å²) in [5, 5.41) is 43.5. The number of aliphatic carboxylic acids is 3. The van der Waals surface area contributed by atoms with Gasteiger partial charge in [-0.1, -0.05) is 6.07 Å². The van der Waals surface area contributed by atoms with Crippen LogP contribution in [0.3, 0.4) is 0 Å². The van der Waals surface area contributed by atoms with E-state index < -0.39 is 42.5 Å². The molecule has 1 atom stereocenters. The molecule has 0 aliphatic heterocycles. The molecule has 12 nitrogen and oxygen atoms in total. The topological polar surface area (TPSA) is 187 Å². The van der Waals surface area contributed by atoms with Crippen LogP contribution < -0.4 is 9.47 Å². The first-order valence-electron chi connectivity index (χ1n) is 10.4. The van der Waals surface area contributed by atoms with Crippen LogP contribution in [0.15, 0.2) is 41.2 Å². The standard InChI is InChI=1S/C17H23NO4.C6H8O7/c1-13(19)9-18(11-15-6-7-22-12-15)10-14-4-5-16(20-2)17(8-14)21-3;7-3(8)1-6(13,5(11)12)2-4(9)10/h4-8,12-13,19H,9-11H2,1-3H3;13H,1-2H2,(H,7,8)(H,9,10)(H,11,12). The number of aliphatic hydroxyl groups is 2. The molecule has 0 aliphatic carbocycles. The number of nitrogens with zero attached hydrogens (tertiary/aromatic N) is 1. The Balaban J connectivity index is 0.000000405. The summed E-state index contributed by atoms with van der Waals surface area (Å²) in [7, 11) is 3.25. The Morgan fingerprint density at radius 1 is 0.971 bits per heavy atom. The number of furan rings is 1. The molecular weight excluding hydrogens is 466 g/mol. The van der Waals surface area contributed by atoms with Crippen LogP contribution >= 0.6 is 0 Å². The van der Waals surface area contributed by atoms with Gasteiger partial charge in [0, 0.05) is 25.2 Å². The number of benzene rings is 1. The molecule has 0 saturated carbocycles. The van der Waals surface area contributed by atoms with Gasteiger partial charge in [0.15, 0.2) is 17.1 Å². The average molecular weight is 497 g/mol. The molecule has 0 radical (unpaired) electrons. The summed E-state index contributed by atoms with van der Waals surface area (Å²) in [6, 6.07) is 7.80. The summed E-state index contributed by atoms with van der Waals surface area (Å²) in [5.41, 5.74) is -0.555. The minimum Gasteiger partial charge on any atom is -0.493 e. The second-order valence-electron chi connectivity index (χ2n) is 7.82. The summed E-state index contributed by atoms with van der Waals surface area (Å²) in [4.78, 5) is 32.6. The van der Waals surface area contributed by atoms with Crippen LogP contribution in [-0.2, 0) is 27.5 Å². The van der Waals surface area contributed by atoms with Crippen molar-refractivity contribution < 1.29 is 53.8 Å². The predicted octanol–water partition coefficient (Wildman–Crippen LogP) is 1.43. The molecule has 1 heterocycles. The van der Waals surface area contributed by atoms with Crippen molar-refractivity contribution in [2.45, 2.75) is 44.6 Å². The lowest BCUT2D eigenvalue weighted by Crippen LogP contribution is -2.42. The fraction of sp³-hybridized carbons (Fsp3) is 0.435. The smallest absolute Gasteiger partial charge is 0.336 e. The zero-order valence-electron chi connectivity index (χ0n) is 19.7. The highest BCUT2D eigenvalue weighted by molar-refractivity contribution is 5.88. The predicted molar refractivity (Wildman–Crippen MR) is 121 cm³/mol. The number of carbonyl (C=O) groups is 3. The Bertz CT molecular complexity index is 940. The number of rotatable bonds is 13. The van der Waals surface area contributed by atoms with E-state index in [0.29, 0.717) is 24.6 Å². The van der Waals surface area contributed by atoms with Crippen molar-refractivity contribution in [1.29, 1.82) is 0 Å². The van der Waals surface area contributed by atoms with Gasteiger partial charge >= 0.3 is 17.9 Å². The van der Waals surface area contributed by atoms with Gasteiger partial charge in [-0.25, -0.2) is 4.79 Å². The zero-order valence-corrected chi connectivity index (χ0v) is 19.7. The largest absolute Gasteiger partial charge is 0.493 e. The highest BCUT2D eigenvalue weighted by Crippen LogP contribution is 2.28. The van der Waals surface area contributed by atoms with E-state index in [-0.39, 0.29) is 0 Å². The molecule has 0 amide bonds. The maximum atomic E-state index is 10.3. The van der Waals surface area contributed by atoms with Crippen LogP contribution in [0.4, 0.5) is 0 Å². The maximum absolute atomic E-state index is 10.3. The van der Waals surface area contributed by atoms with E-state index in [0.717, 1.165) is 17.7 Å². The van der Waals surface area contributed by atoms with Crippen LogP contribution in [0.2, 0.25) is 0 Å². The van der Waals surface area contributed by atoms with Gasteiger partial charge in [0.05, 0.1) is 45.7 Å². The van der Waals surface area contributed by atoms with Gasteiger partial charge in [-0.05, 0) is 30.7 Å². The fourth-order valence-corrected chi connectivity index (χ4v) is 3.15. The number of hydrogen-bond donors (Lipinski definition) is 5. The zero-order chi connectivity index (χ0) is 26.6. The average Bonchev–Trinajstić information content (AvgIpc) is 3.25.